The monoisotopic (exact) mass is 348 g/mol. The van der Waals surface area contributed by atoms with Gasteiger partial charge < -0.3 is 18.9 Å². The molecule has 0 saturated heterocycles. The van der Waals surface area contributed by atoms with Gasteiger partial charge in [0.25, 0.3) is 0 Å². The van der Waals surface area contributed by atoms with E-state index in [0.29, 0.717) is 23.0 Å². The first-order chi connectivity index (χ1) is 12.8. The molecule has 4 rings (SSSR count). The van der Waals surface area contributed by atoms with Gasteiger partial charge in [0.05, 0.1) is 0 Å². The summed E-state index contributed by atoms with van der Waals surface area (Å²) >= 11 is 0. The lowest BCUT2D eigenvalue weighted by Gasteiger charge is -2.08. The van der Waals surface area contributed by atoms with Crippen LogP contribution in [0.5, 0.6) is 23.0 Å². The number of benzene rings is 3. The van der Waals surface area contributed by atoms with Crippen LogP contribution in [0.1, 0.15) is 0 Å². The van der Waals surface area contributed by atoms with Gasteiger partial charge >= 0.3 is 5.97 Å². The Morgan fingerprint density at radius 3 is 2.31 bits per heavy atom. The van der Waals surface area contributed by atoms with Crippen LogP contribution >= 0.6 is 0 Å². The zero-order valence-electron chi connectivity index (χ0n) is 13.9. The summed E-state index contributed by atoms with van der Waals surface area (Å²) in [5.74, 6) is 1.71. The molecule has 0 unspecified atom stereocenters. The molecule has 1 aliphatic rings. The van der Waals surface area contributed by atoms with Crippen molar-refractivity contribution in [2.45, 2.75) is 0 Å². The van der Waals surface area contributed by atoms with Crippen LogP contribution in [-0.2, 0) is 4.79 Å². The molecule has 0 amide bonds. The van der Waals surface area contributed by atoms with Crippen molar-refractivity contribution < 1.29 is 23.7 Å². The number of carbonyl (C=O) groups is 1. The van der Waals surface area contributed by atoms with Gasteiger partial charge in [0.15, 0.2) is 18.1 Å². The topological polar surface area (TPSA) is 54.0 Å². The van der Waals surface area contributed by atoms with Crippen LogP contribution < -0.4 is 18.9 Å². The van der Waals surface area contributed by atoms with Crippen molar-refractivity contribution in [2.24, 2.45) is 0 Å². The molecule has 0 spiro atoms. The van der Waals surface area contributed by atoms with Crippen molar-refractivity contribution >= 4 is 5.97 Å². The van der Waals surface area contributed by atoms with E-state index in [1.165, 1.54) is 0 Å². The molecule has 0 saturated carbocycles. The van der Waals surface area contributed by atoms with Gasteiger partial charge in [-0.2, -0.15) is 0 Å². The standard InChI is InChI=1S/C21H16O5/c22-21(26-18-10-11-19-20(12-18)25-14-24-19)13-23-17-8-6-16(7-9-17)15-4-2-1-3-5-15/h1-12H,13-14H2. The summed E-state index contributed by atoms with van der Waals surface area (Å²) in [6, 6.07) is 22.6. The van der Waals surface area contributed by atoms with Gasteiger partial charge in [0, 0.05) is 6.07 Å². The van der Waals surface area contributed by atoms with E-state index in [-0.39, 0.29) is 13.4 Å². The normalized spacial score (nSPS) is 11.8. The highest BCUT2D eigenvalue weighted by atomic mass is 16.7. The average Bonchev–Trinajstić information content (AvgIpc) is 3.15. The molecule has 0 atom stereocenters. The summed E-state index contributed by atoms with van der Waals surface area (Å²) in [4.78, 5) is 12.0. The van der Waals surface area contributed by atoms with Gasteiger partial charge in [-0.1, -0.05) is 42.5 Å². The van der Waals surface area contributed by atoms with E-state index >= 15 is 0 Å². The molecule has 0 aromatic heterocycles. The van der Waals surface area contributed by atoms with E-state index in [4.69, 9.17) is 18.9 Å². The molecular formula is C21H16O5. The Morgan fingerprint density at radius 2 is 1.50 bits per heavy atom. The molecule has 0 radical (unpaired) electrons. The number of ether oxygens (including phenoxy) is 4. The lowest BCUT2D eigenvalue weighted by molar-refractivity contribution is -0.136. The maximum absolute atomic E-state index is 12.0. The molecule has 0 N–H and O–H groups in total. The second-order valence-corrected chi connectivity index (χ2v) is 5.67. The summed E-state index contributed by atoms with van der Waals surface area (Å²) in [7, 11) is 0. The Bertz CT molecular complexity index is 903. The van der Waals surface area contributed by atoms with E-state index in [0.717, 1.165) is 11.1 Å². The quantitative estimate of drug-likeness (QED) is 0.514. The van der Waals surface area contributed by atoms with E-state index < -0.39 is 5.97 Å². The third-order valence-electron chi connectivity index (χ3n) is 3.89. The Kier molecular flexibility index (Phi) is 4.43. The van der Waals surface area contributed by atoms with E-state index in [1.807, 2.05) is 54.6 Å². The fourth-order valence-corrected chi connectivity index (χ4v) is 2.62. The second-order valence-electron chi connectivity index (χ2n) is 5.67. The van der Waals surface area contributed by atoms with Crippen molar-refractivity contribution in [3.05, 3.63) is 72.8 Å². The van der Waals surface area contributed by atoms with Crippen LogP contribution in [0.4, 0.5) is 0 Å². The van der Waals surface area contributed by atoms with Crippen LogP contribution in [0.25, 0.3) is 11.1 Å². The summed E-state index contributed by atoms with van der Waals surface area (Å²) < 4.78 is 21.2. The largest absolute Gasteiger partial charge is 0.482 e. The molecule has 3 aromatic carbocycles. The third kappa shape index (κ3) is 3.62. The van der Waals surface area contributed by atoms with Crippen molar-refractivity contribution in [3.63, 3.8) is 0 Å². The second kappa shape index (κ2) is 7.19. The Balaban J connectivity index is 1.33. The van der Waals surface area contributed by atoms with Crippen LogP contribution in [0.3, 0.4) is 0 Å². The van der Waals surface area contributed by atoms with Crippen LogP contribution in [0.15, 0.2) is 72.8 Å². The zero-order valence-corrected chi connectivity index (χ0v) is 13.9. The predicted octanol–water partition coefficient (Wildman–Crippen LogP) is 4.07. The van der Waals surface area contributed by atoms with Crippen molar-refractivity contribution in [1.29, 1.82) is 0 Å². The number of hydrogen-bond donors (Lipinski definition) is 0. The smallest absolute Gasteiger partial charge is 0.349 e. The maximum atomic E-state index is 12.0. The van der Waals surface area contributed by atoms with Gasteiger partial charge in [-0.05, 0) is 35.4 Å². The molecule has 0 fully saturated rings. The Hall–Kier alpha value is -3.47. The minimum atomic E-state index is -0.490. The van der Waals surface area contributed by atoms with Crippen molar-refractivity contribution in [3.8, 4) is 34.1 Å². The van der Waals surface area contributed by atoms with Gasteiger partial charge in [-0.25, -0.2) is 4.79 Å². The Labute approximate surface area is 150 Å². The fourth-order valence-electron chi connectivity index (χ4n) is 2.62. The average molecular weight is 348 g/mol. The Morgan fingerprint density at radius 1 is 0.808 bits per heavy atom. The molecular weight excluding hydrogens is 332 g/mol. The van der Waals surface area contributed by atoms with Crippen molar-refractivity contribution in [2.75, 3.05) is 13.4 Å². The van der Waals surface area contributed by atoms with Crippen LogP contribution in [-0.4, -0.2) is 19.4 Å². The van der Waals surface area contributed by atoms with Gasteiger partial charge in [0.2, 0.25) is 6.79 Å². The van der Waals surface area contributed by atoms with Gasteiger partial charge in [-0.3, -0.25) is 0 Å². The van der Waals surface area contributed by atoms with Crippen molar-refractivity contribution in [1.82, 2.24) is 0 Å². The number of hydrogen-bond acceptors (Lipinski definition) is 5. The summed E-state index contributed by atoms with van der Waals surface area (Å²) in [5, 5.41) is 0. The lowest BCUT2D eigenvalue weighted by atomic mass is 10.1. The highest BCUT2D eigenvalue weighted by Gasteiger charge is 2.15. The number of rotatable bonds is 5. The van der Waals surface area contributed by atoms with Crippen LogP contribution in [0, 0.1) is 0 Å². The molecule has 5 nitrogen and oxygen atoms in total. The predicted molar refractivity (Wildman–Crippen MR) is 95.6 cm³/mol. The highest BCUT2D eigenvalue weighted by Crippen LogP contribution is 2.35. The first-order valence-electron chi connectivity index (χ1n) is 8.16. The first-order valence-corrected chi connectivity index (χ1v) is 8.16. The zero-order chi connectivity index (χ0) is 17.8. The number of fused-ring (bicyclic) bond motifs is 1. The summed E-state index contributed by atoms with van der Waals surface area (Å²) in [6.07, 6.45) is 0. The molecule has 5 heteroatoms. The van der Waals surface area contributed by atoms with Gasteiger partial charge in [0.1, 0.15) is 11.5 Å². The molecule has 1 aliphatic heterocycles. The van der Waals surface area contributed by atoms with E-state index in [9.17, 15) is 4.79 Å². The SMILES string of the molecule is O=C(COc1ccc(-c2ccccc2)cc1)Oc1ccc2c(c1)OCO2. The van der Waals surface area contributed by atoms with Gasteiger partial charge in [-0.15, -0.1) is 0 Å². The van der Waals surface area contributed by atoms with Crippen LogP contribution in [0.2, 0.25) is 0 Å². The molecule has 0 bridgehead atoms. The van der Waals surface area contributed by atoms with E-state index in [2.05, 4.69) is 0 Å². The highest BCUT2D eigenvalue weighted by molar-refractivity contribution is 5.74. The molecule has 1 heterocycles. The lowest BCUT2D eigenvalue weighted by Crippen LogP contribution is -2.17. The molecule has 26 heavy (non-hydrogen) atoms. The fraction of sp³-hybridized carbons (Fsp3) is 0.0952. The molecule has 3 aromatic rings. The van der Waals surface area contributed by atoms with E-state index in [1.54, 1.807) is 18.2 Å². The summed E-state index contributed by atoms with van der Waals surface area (Å²) in [5.41, 5.74) is 2.21. The maximum Gasteiger partial charge on any atom is 0.349 e. The third-order valence-corrected chi connectivity index (χ3v) is 3.89. The summed E-state index contributed by atoms with van der Waals surface area (Å²) in [6.45, 7) is -0.00601. The minimum absolute atomic E-state index is 0.175. The number of carbonyl (C=O) groups excluding carboxylic acids is 1. The number of esters is 1. The molecule has 0 aliphatic carbocycles. The first kappa shape index (κ1) is 16.0. The minimum Gasteiger partial charge on any atom is -0.482 e. The molecule has 130 valence electrons.